The summed E-state index contributed by atoms with van der Waals surface area (Å²) < 4.78 is 5.21. The summed E-state index contributed by atoms with van der Waals surface area (Å²) in [6.07, 6.45) is 3.82. The van der Waals surface area contributed by atoms with Crippen molar-refractivity contribution < 1.29 is 14.3 Å². The Bertz CT molecular complexity index is 882. The maximum Gasteiger partial charge on any atom is 0.223 e. The van der Waals surface area contributed by atoms with E-state index in [2.05, 4.69) is 20.2 Å². The van der Waals surface area contributed by atoms with Crippen molar-refractivity contribution in [2.24, 2.45) is 5.92 Å². The first-order valence-electron chi connectivity index (χ1n) is 9.82. The van der Waals surface area contributed by atoms with Crippen LogP contribution in [-0.2, 0) is 9.59 Å². The molecule has 0 radical (unpaired) electrons. The standard InChI is InChI=1S/C21H24N4O3S/c1-28-16-4-2-14(3-5-16)18-12-19(23-13-22-18)25-9-6-15(7-10-25)20(26)24-17-8-11-29-21(17)27/h2-5,12-13,15,17H,6-11H2,1H3,(H,24,26)/t17-/m0/s1. The van der Waals surface area contributed by atoms with Crippen LogP contribution < -0.4 is 15.0 Å². The molecule has 1 aromatic heterocycles. The number of carbonyl (C=O) groups is 2. The minimum atomic E-state index is -0.306. The first-order valence-corrected chi connectivity index (χ1v) is 10.8. The molecule has 0 aliphatic carbocycles. The molecule has 1 aromatic carbocycles. The molecule has 1 atom stereocenters. The zero-order valence-electron chi connectivity index (χ0n) is 16.3. The summed E-state index contributed by atoms with van der Waals surface area (Å²) in [5.41, 5.74) is 1.86. The smallest absolute Gasteiger partial charge is 0.223 e. The molecule has 29 heavy (non-hydrogen) atoms. The summed E-state index contributed by atoms with van der Waals surface area (Å²) in [4.78, 5) is 35.2. The quantitative estimate of drug-likeness (QED) is 0.808. The van der Waals surface area contributed by atoms with Crippen molar-refractivity contribution in [2.75, 3.05) is 30.9 Å². The Morgan fingerprint density at radius 2 is 1.93 bits per heavy atom. The fraction of sp³-hybridized carbons (Fsp3) is 0.429. The van der Waals surface area contributed by atoms with Crippen molar-refractivity contribution in [1.82, 2.24) is 15.3 Å². The van der Waals surface area contributed by atoms with Crippen molar-refractivity contribution in [1.29, 1.82) is 0 Å². The normalized spacial score (nSPS) is 20.0. The van der Waals surface area contributed by atoms with Gasteiger partial charge in [-0.3, -0.25) is 9.59 Å². The third-order valence-electron chi connectivity index (χ3n) is 5.48. The molecular weight excluding hydrogens is 388 g/mol. The molecule has 4 rings (SSSR count). The highest BCUT2D eigenvalue weighted by Crippen LogP contribution is 2.27. The van der Waals surface area contributed by atoms with Gasteiger partial charge in [-0.25, -0.2) is 9.97 Å². The molecule has 1 N–H and O–H groups in total. The molecule has 0 spiro atoms. The van der Waals surface area contributed by atoms with Gasteiger partial charge in [-0.05, 0) is 43.5 Å². The second kappa shape index (κ2) is 8.82. The van der Waals surface area contributed by atoms with Crippen LogP contribution in [-0.4, -0.2) is 53.0 Å². The predicted molar refractivity (Wildman–Crippen MR) is 113 cm³/mol. The zero-order chi connectivity index (χ0) is 20.2. The average Bonchev–Trinajstić information content (AvgIpc) is 3.18. The van der Waals surface area contributed by atoms with E-state index in [9.17, 15) is 9.59 Å². The van der Waals surface area contributed by atoms with Gasteiger partial charge >= 0.3 is 0 Å². The molecule has 152 valence electrons. The summed E-state index contributed by atoms with van der Waals surface area (Å²) in [5.74, 6) is 2.43. The van der Waals surface area contributed by atoms with Gasteiger partial charge in [0, 0.05) is 36.4 Å². The molecular formula is C21H24N4O3S. The molecule has 2 saturated heterocycles. The molecule has 2 fully saturated rings. The Kier molecular flexibility index (Phi) is 5.99. The van der Waals surface area contributed by atoms with E-state index in [1.165, 1.54) is 11.8 Å². The summed E-state index contributed by atoms with van der Waals surface area (Å²) in [6, 6.07) is 9.45. The lowest BCUT2D eigenvalue weighted by Crippen LogP contribution is -2.45. The van der Waals surface area contributed by atoms with Gasteiger partial charge in [0.15, 0.2) is 0 Å². The van der Waals surface area contributed by atoms with Gasteiger partial charge in [0.05, 0.1) is 18.8 Å². The second-order valence-electron chi connectivity index (χ2n) is 7.27. The third-order valence-corrected chi connectivity index (χ3v) is 6.49. The highest BCUT2D eigenvalue weighted by Gasteiger charge is 2.31. The van der Waals surface area contributed by atoms with Gasteiger partial charge in [-0.15, -0.1) is 0 Å². The van der Waals surface area contributed by atoms with Crippen LogP contribution >= 0.6 is 11.8 Å². The monoisotopic (exact) mass is 412 g/mol. The van der Waals surface area contributed by atoms with Gasteiger partial charge in [0.1, 0.15) is 17.9 Å². The Labute approximate surface area is 174 Å². The fourth-order valence-corrected chi connectivity index (χ4v) is 4.66. The number of nitrogens with one attached hydrogen (secondary N) is 1. The second-order valence-corrected chi connectivity index (χ2v) is 8.37. The number of amides is 1. The molecule has 8 heteroatoms. The SMILES string of the molecule is COc1ccc(-c2cc(N3CCC(C(=O)N[C@H]4CCSC4=O)CC3)ncn2)cc1. The largest absolute Gasteiger partial charge is 0.497 e. The molecule has 7 nitrogen and oxygen atoms in total. The number of thioether (sulfide) groups is 1. The minimum absolute atomic E-state index is 0.00658. The number of anilines is 1. The van der Waals surface area contributed by atoms with Gasteiger partial charge in [-0.1, -0.05) is 11.8 Å². The molecule has 0 bridgehead atoms. The number of benzene rings is 1. The first kappa shape index (κ1) is 19.7. The van der Waals surface area contributed by atoms with Crippen molar-refractivity contribution in [2.45, 2.75) is 25.3 Å². The van der Waals surface area contributed by atoms with Gasteiger partial charge in [0.2, 0.25) is 11.0 Å². The summed E-state index contributed by atoms with van der Waals surface area (Å²) >= 11 is 1.31. The van der Waals surface area contributed by atoms with E-state index < -0.39 is 0 Å². The molecule has 2 aromatic rings. The van der Waals surface area contributed by atoms with E-state index in [0.717, 1.165) is 60.9 Å². The van der Waals surface area contributed by atoms with Crippen LogP contribution in [0.1, 0.15) is 19.3 Å². The minimum Gasteiger partial charge on any atom is -0.497 e. The number of piperidine rings is 1. The summed E-state index contributed by atoms with van der Waals surface area (Å²) in [6.45, 7) is 1.51. The number of ether oxygens (including phenoxy) is 1. The molecule has 0 saturated carbocycles. The lowest BCUT2D eigenvalue weighted by Gasteiger charge is -2.32. The van der Waals surface area contributed by atoms with E-state index in [0.29, 0.717) is 0 Å². The van der Waals surface area contributed by atoms with Gasteiger partial charge in [0.25, 0.3) is 0 Å². The maximum atomic E-state index is 12.5. The number of nitrogens with zero attached hydrogens (tertiary/aromatic N) is 3. The van der Waals surface area contributed by atoms with Crippen LogP contribution in [0.15, 0.2) is 36.7 Å². The average molecular weight is 413 g/mol. The zero-order valence-corrected chi connectivity index (χ0v) is 17.2. The first-order chi connectivity index (χ1) is 14.1. The summed E-state index contributed by atoms with van der Waals surface area (Å²) in [7, 11) is 1.65. The molecule has 2 aliphatic heterocycles. The van der Waals surface area contributed by atoms with Crippen molar-refractivity contribution in [3.8, 4) is 17.0 Å². The predicted octanol–water partition coefficient (Wildman–Crippen LogP) is 2.52. The van der Waals surface area contributed by atoms with Crippen LogP contribution in [0.25, 0.3) is 11.3 Å². The Morgan fingerprint density at radius 1 is 1.17 bits per heavy atom. The maximum absolute atomic E-state index is 12.5. The number of methoxy groups -OCH3 is 1. The molecule has 0 unspecified atom stereocenters. The van der Waals surface area contributed by atoms with Crippen LogP contribution in [0.4, 0.5) is 5.82 Å². The van der Waals surface area contributed by atoms with Gasteiger partial charge < -0.3 is 15.0 Å². The number of carbonyl (C=O) groups excluding carboxylic acids is 2. The van der Waals surface area contributed by atoms with E-state index in [4.69, 9.17) is 4.74 Å². The third kappa shape index (κ3) is 4.53. The van der Waals surface area contributed by atoms with Crippen LogP contribution in [0, 0.1) is 5.92 Å². The highest BCUT2D eigenvalue weighted by molar-refractivity contribution is 8.14. The van der Waals surface area contributed by atoms with Crippen molar-refractivity contribution in [3.63, 3.8) is 0 Å². The Balaban J connectivity index is 1.37. The Morgan fingerprint density at radius 3 is 2.59 bits per heavy atom. The molecule has 1 amide bonds. The number of aromatic nitrogens is 2. The topological polar surface area (TPSA) is 84.4 Å². The lowest BCUT2D eigenvalue weighted by atomic mass is 9.95. The number of rotatable bonds is 5. The van der Waals surface area contributed by atoms with Gasteiger partial charge in [-0.2, -0.15) is 0 Å². The summed E-state index contributed by atoms with van der Waals surface area (Å²) in [5, 5.41) is 3.02. The van der Waals surface area contributed by atoms with E-state index in [1.807, 2.05) is 30.3 Å². The molecule has 3 heterocycles. The van der Waals surface area contributed by atoms with Crippen LogP contribution in [0.2, 0.25) is 0 Å². The van der Waals surface area contributed by atoms with E-state index in [-0.39, 0.29) is 23.0 Å². The van der Waals surface area contributed by atoms with Crippen LogP contribution in [0.5, 0.6) is 5.75 Å². The van der Waals surface area contributed by atoms with Crippen LogP contribution in [0.3, 0.4) is 0 Å². The lowest BCUT2D eigenvalue weighted by molar-refractivity contribution is -0.128. The molecule has 2 aliphatic rings. The van der Waals surface area contributed by atoms with Crippen molar-refractivity contribution in [3.05, 3.63) is 36.7 Å². The number of hydrogen-bond donors (Lipinski definition) is 1. The van der Waals surface area contributed by atoms with E-state index >= 15 is 0 Å². The Hall–Kier alpha value is -2.61. The fourth-order valence-electron chi connectivity index (χ4n) is 3.73. The van der Waals surface area contributed by atoms with Crippen molar-refractivity contribution >= 4 is 28.6 Å². The number of hydrogen-bond acceptors (Lipinski definition) is 7. The highest BCUT2D eigenvalue weighted by atomic mass is 32.2. The van der Waals surface area contributed by atoms with E-state index in [1.54, 1.807) is 13.4 Å².